The smallest absolute Gasteiger partial charge is 0.409 e. The highest BCUT2D eigenvalue weighted by Crippen LogP contribution is 2.49. The van der Waals surface area contributed by atoms with E-state index in [1.807, 2.05) is 13.0 Å². The number of esters is 1. The number of hydrogen-bond acceptors (Lipinski definition) is 13. The molecular weight excluding hydrogens is 920 g/mol. The van der Waals surface area contributed by atoms with Gasteiger partial charge >= 0.3 is 12.1 Å². The van der Waals surface area contributed by atoms with Gasteiger partial charge in [-0.1, -0.05) is 96.0 Å². The lowest BCUT2D eigenvalue weighted by Gasteiger charge is -2.42. The largest absolute Gasteiger partial charge is 0.495 e. The van der Waals surface area contributed by atoms with Crippen LogP contribution in [0.15, 0.2) is 35.9 Å². The number of methoxy groups -OCH3 is 2. The van der Waals surface area contributed by atoms with Crippen LogP contribution in [0.2, 0.25) is 5.02 Å². The summed E-state index contributed by atoms with van der Waals surface area (Å²) < 4.78 is 29.5. The molecule has 2 saturated carbocycles. The van der Waals surface area contributed by atoms with E-state index in [-0.39, 0.29) is 36.1 Å². The second-order valence-corrected chi connectivity index (χ2v) is 22.5. The van der Waals surface area contributed by atoms with Crippen molar-refractivity contribution < 1.29 is 52.8 Å². The summed E-state index contributed by atoms with van der Waals surface area (Å²) in [5.74, 6) is 1.32. The van der Waals surface area contributed by atoms with Crippen molar-refractivity contribution in [3.05, 3.63) is 46.5 Å². The van der Waals surface area contributed by atoms with Crippen LogP contribution in [0.5, 0.6) is 5.75 Å². The van der Waals surface area contributed by atoms with Gasteiger partial charge < -0.3 is 43.9 Å². The molecule has 10 atom stereocenters. The molecule has 67 heavy (non-hydrogen) atoms. The average molecular weight is 992 g/mol. The predicted octanol–water partition coefficient (Wildman–Crippen LogP) is 7.54. The maximum absolute atomic E-state index is 14.3. The fourth-order valence-corrected chi connectivity index (χ4v) is 12.6. The topological polar surface area (TPSA) is 186 Å². The molecule has 18 heteroatoms. The van der Waals surface area contributed by atoms with Gasteiger partial charge in [-0.3, -0.25) is 19.7 Å². The minimum absolute atomic E-state index is 0.0590. The maximum atomic E-state index is 14.3. The number of nitrogens with one attached hydrogen (secondary N) is 2. The van der Waals surface area contributed by atoms with Gasteiger partial charge in [0.1, 0.15) is 40.7 Å². The quantitative estimate of drug-likeness (QED) is 0.0720. The van der Waals surface area contributed by atoms with Crippen LogP contribution in [-0.2, 0) is 44.5 Å². The van der Waals surface area contributed by atoms with Gasteiger partial charge in [0.15, 0.2) is 5.72 Å². The number of rotatable bonds is 14. The normalized spacial score (nSPS) is 32.7. The summed E-state index contributed by atoms with van der Waals surface area (Å²) in [6.07, 6.45) is 11.0. The van der Waals surface area contributed by atoms with E-state index in [1.54, 1.807) is 80.7 Å². The van der Waals surface area contributed by atoms with Crippen LogP contribution in [0.1, 0.15) is 110 Å². The first-order valence-corrected chi connectivity index (χ1v) is 26.6. The summed E-state index contributed by atoms with van der Waals surface area (Å²) in [6, 6.07) is 2.89. The first-order valence-electron chi connectivity index (χ1n) is 23.7. The Bertz CT molecular complexity index is 2010. The van der Waals surface area contributed by atoms with Crippen LogP contribution < -0.4 is 20.3 Å². The molecule has 372 valence electrons. The van der Waals surface area contributed by atoms with E-state index in [9.17, 15) is 29.1 Å². The number of aliphatic hydroxyl groups is 1. The third kappa shape index (κ3) is 13.4. The summed E-state index contributed by atoms with van der Waals surface area (Å²) in [5, 5.41) is 17.9. The lowest BCUT2D eigenvalue weighted by molar-refractivity contribution is -0.162. The molecule has 15 nitrogen and oxygen atoms in total. The monoisotopic (exact) mass is 990 g/mol. The van der Waals surface area contributed by atoms with E-state index in [2.05, 4.69) is 10.6 Å². The molecule has 1 aromatic rings. The summed E-state index contributed by atoms with van der Waals surface area (Å²) in [7, 11) is 9.25. The zero-order chi connectivity index (χ0) is 48.6. The molecule has 5 aliphatic rings. The fraction of sp³-hybridized carbons (Fsp3) is 0.694. The number of hydrogen-bond donors (Lipinski definition) is 3. The van der Waals surface area contributed by atoms with Gasteiger partial charge in [-0.25, -0.2) is 9.59 Å². The Hall–Kier alpha value is -3.48. The number of ether oxygens (including phenoxy) is 5. The lowest BCUT2D eigenvalue weighted by Crippen LogP contribution is -2.63. The molecule has 4 amide bonds. The van der Waals surface area contributed by atoms with Crippen molar-refractivity contribution in [1.82, 2.24) is 15.5 Å². The number of halogens is 1. The molecule has 0 radical (unpaired) electrons. The molecule has 2 saturated heterocycles. The number of amides is 4. The summed E-state index contributed by atoms with van der Waals surface area (Å²) in [5.41, 5.74) is -0.961. The number of allylic oxidation sites excluding steroid dienone is 3. The highest BCUT2D eigenvalue weighted by Gasteiger charge is 2.64. The van der Waals surface area contributed by atoms with Crippen molar-refractivity contribution in [3.8, 4) is 5.75 Å². The molecule has 3 aliphatic heterocycles. The number of nitrogens with zero attached hydrogens (tertiary/aromatic N) is 2. The summed E-state index contributed by atoms with van der Waals surface area (Å²) >= 11 is 6.82. The van der Waals surface area contributed by atoms with Crippen molar-refractivity contribution >= 4 is 68.7 Å². The standard InChI is InChI=1S/C49H71ClN4O11S2/c1-29-12-9-15-39(62-8)49(60)28-38(63-47(59)52-49)30(2)45-48(4,65-45)40(27-43(57)54(6)36-25-34(22-29)26-37(61-7)44(36)50)64-46(58)31(3)53(5)42(56)19-21-67-66-20-11-16-41(55)51-35-23-32-13-10-14-33(24-35)18-17-32/h9,12,15,25-26,30-33,35,38-40,45,60H,10-11,13-14,16-24,27-28H2,1-8H3,(H,51,55)(H,52,59)/b15-9+,29-12+/t30-,31+,32?,33?,35?,38+,39-,40+,45+,48+,49+/m1/s1. The number of benzene rings is 1. The van der Waals surface area contributed by atoms with Gasteiger partial charge in [0.25, 0.3) is 0 Å². The van der Waals surface area contributed by atoms with Gasteiger partial charge in [-0.05, 0) is 76.0 Å². The van der Waals surface area contributed by atoms with Gasteiger partial charge in [-0.15, -0.1) is 0 Å². The number of fused-ring (bicyclic) bond motifs is 8. The van der Waals surface area contributed by atoms with Crippen LogP contribution in [0.4, 0.5) is 10.5 Å². The van der Waals surface area contributed by atoms with Crippen molar-refractivity contribution in [3.63, 3.8) is 0 Å². The summed E-state index contributed by atoms with van der Waals surface area (Å²) in [6.45, 7) is 7.04. The Morgan fingerprint density at radius 2 is 1.79 bits per heavy atom. The highest BCUT2D eigenvalue weighted by atomic mass is 35.5. The SMILES string of the molecule is COc1cc2cc(c1Cl)N(C)C(=O)C[C@H](OC(=O)[C@H](C)N(C)C(=O)CCSSCCCC(=O)NC1CC3CCCC(CC3)C1)[C@]1(C)O[C@H]1[C@H](C)[C@@H]1C[C@@](O)(NC(=O)O1)[C@H](OC)/C=C/C=C(\C)C2. The molecule has 2 aliphatic carbocycles. The number of likely N-dealkylation sites (N-methyl/N-ethyl adjacent to an activating group) is 1. The predicted molar refractivity (Wildman–Crippen MR) is 261 cm³/mol. The van der Waals surface area contributed by atoms with Gasteiger partial charge in [0, 0.05) is 63.9 Å². The Labute approximate surface area is 408 Å². The van der Waals surface area contributed by atoms with Crippen LogP contribution in [-0.4, -0.2) is 127 Å². The Morgan fingerprint density at radius 3 is 2.48 bits per heavy atom. The summed E-state index contributed by atoms with van der Waals surface area (Å²) in [4.78, 5) is 70.2. The molecule has 0 aromatic heterocycles. The van der Waals surface area contributed by atoms with Gasteiger partial charge in [-0.2, -0.15) is 0 Å². The third-order valence-electron chi connectivity index (χ3n) is 14.4. The molecule has 4 fully saturated rings. The van der Waals surface area contributed by atoms with Crippen molar-refractivity contribution in [1.29, 1.82) is 0 Å². The van der Waals surface area contributed by atoms with Crippen molar-refractivity contribution in [2.24, 2.45) is 17.8 Å². The van der Waals surface area contributed by atoms with Crippen LogP contribution >= 0.6 is 33.2 Å². The number of alkyl carbamates (subject to hydrolysis) is 1. The van der Waals surface area contributed by atoms with E-state index in [1.165, 1.54) is 56.1 Å². The van der Waals surface area contributed by atoms with Crippen LogP contribution in [0.3, 0.4) is 0 Å². The van der Waals surface area contributed by atoms with Crippen molar-refractivity contribution in [2.45, 2.75) is 159 Å². The zero-order valence-corrected chi connectivity index (χ0v) is 42.7. The minimum Gasteiger partial charge on any atom is -0.495 e. The molecule has 1 aromatic carbocycles. The second-order valence-electron chi connectivity index (χ2n) is 19.4. The van der Waals surface area contributed by atoms with Crippen molar-refractivity contribution in [2.75, 3.05) is 44.7 Å². The Balaban J connectivity index is 1.09. The molecule has 3 heterocycles. The molecule has 0 spiro atoms. The first kappa shape index (κ1) is 52.9. The molecule has 2 unspecified atom stereocenters. The lowest BCUT2D eigenvalue weighted by atomic mass is 9.83. The van der Waals surface area contributed by atoms with E-state index >= 15 is 0 Å². The number of carbonyl (C=O) groups is 5. The van der Waals surface area contributed by atoms with E-state index in [4.69, 9.17) is 35.3 Å². The zero-order valence-electron chi connectivity index (χ0n) is 40.3. The van der Waals surface area contributed by atoms with E-state index in [0.717, 1.165) is 48.0 Å². The molecule has 6 rings (SSSR count). The second kappa shape index (κ2) is 23.4. The molecule has 6 bridgehead atoms. The third-order valence-corrected chi connectivity index (χ3v) is 17.3. The highest BCUT2D eigenvalue weighted by molar-refractivity contribution is 8.76. The number of carbonyl (C=O) groups excluding carboxylic acids is 5. The molecular formula is C49H71ClN4O11S2. The van der Waals surface area contributed by atoms with Gasteiger partial charge in [0.05, 0.1) is 25.3 Å². The van der Waals surface area contributed by atoms with E-state index < -0.39 is 65.7 Å². The fourth-order valence-electron chi connectivity index (χ4n) is 10.2. The number of anilines is 1. The van der Waals surface area contributed by atoms with Crippen LogP contribution in [0.25, 0.3) is 0 Å². The average Bonchev–Trinajstić information content (AvgIpc) is 4.06. The Morgan fingerprint density at radius 1 is 1.09 bits per heavy atom. The van der Waals surface area contributed by atoms with E-state index in [0.29, 0.717) is 36.1 Å². The maximum Gasteiger partial charge on any atom is 0.409 e. The minimum atomic E-state index is -1.84. The molecule has 3 N–H and O–H groups in total. The number of epoxide rings is 1. The first-order chi connectivity index (χ1) is 31.8. The van der Waals surface area contributed by atoms with Crippen LogP contribution in [0, 0.1) is 17.8 Å². The Kier molecular flexibility index (Phi) is 18.5. The van der Waals surface area contributed by atoms with Gasteiger partial charge in [0.2, 0.25) is 17.7 Å².